The van der Waals surface area contributed by atoms with E-state index in [0.717, 1.165) is 24.1 Å². The molecule has 4 rings (SSSR count). The van der Waals surface area contributed by atoms with Crippen LogP contribution in [0.2, 0.25) is 0 Å². The molecule has 152 valence electrons. The predicted octanol–water partition coefficient (Wildman–Crippen LogP) is 3.91. The van der Waals surface area contributed by atoms with Gasteiger partial charge in [-0.3, -0.25) is 9.59 Å². The van der Waals surface area contributed by atoms with Crippen molar-refractivity contribution in [2.75, 3.05) is 43.0 Å². The summed E-state index contributed by atoms with van der Waals surface area (Å²) in [5.41, 5.74) is 1.92. The topological polar surface area (TPSA) is 61.9 Å². The SMILES string of the molecule is O=C(Nc1ccc2c(c1)N(CCN1CCCCC1)C(=O)CO2)c1ccc(Br)cc1. The Morgan fingerprint density at radius 3 is 2.55 bits per heavy atom. The monoisotopic (exact) mass is 457 g/mol. The average Bonchev–Trinajstić information content (AvgIpc) is 2.74. The molecule has 0 spiro atoms. The van der Waals surface area contributed by atoms with E-state index in [-0.39, 0.29) is 18.4 Å². The lowest BCUT2D eigenvalue weighted by Gasteiger charge is -2.33. The molecule has 2 amide bonds. The summed E-state index contributed by atoms with van der Waals surface area (Å²) < 4.78 is 6.51. The molecule has 2 heterocycles. The molecular weight excluding hydrogens is 434 g/mol. The fraction of sp³-hybridized carbons (Fsp3) is 0.364. The molecule has 1 fully saturated rings. The Labute approximate surface area is 178 Å². The van der Waals surface area contributed by atoms with E-state index >= 15 is 0 Å². The van der Waals surface area contributed by atoms with Crippen LogP contribution in [0.3, 0.4) is 0 Å². The van der Waals surface area contributed by atoms with Gasteiger partial charge in [-0.15, -0.1) is 0 Å². The lowest BCUT2D eigenvalue weighted by Crippen LogP contribution is -2.44. The number of fused-ring (bicyclic) bond motifs is 1. The third-order valence-electron chi connectivity index (χ3n) is 5.35. The molecule has 0 unspecified atom stereocenters. The number of halogens is 1. The van der Waals surface area contributed by atoms with Gasteiger partial charge in [0.2, 0.25) is 0 Å². The minimum absolute atomic E-state index is 0.0501. The highest BCUT2D eigenvalue weighted by atomic mass is 79.9. The van der Waals surface area contributed by atoms with Gasteiger partial charge in [0, 0.05) is 28.8 Å². The molecule has 0 bridgehead atoms. The number of amides is 2. The van der Waals surface area contributed by atoms with Crippen LogP contribution in [-0.4, -0.2) is 49.5 Å². The summed E-state index contributed by atoms with van der Waals surface area (Å²) >= 11 is 3.37. The summed E-state index contributed by atoms with van der Waals surface area (Å²) in [4.78, 5) is 29.2. The number of likely N-dealkylation sites (tertiary alicyclic amines) is 1. The van der Waals surface area contributed by atoms with Crippen LogP contribution in [0.25, 0.3) is 0 Å². The Balaban J connectivity index is 1.49. The highest BCUT2D eigenvalue weighted by molar-refractivity contribution is 9.10. The Bertz CT molecular complexity index is 895. The number of ether oxygens (including phenoxy) is 1. The van der Waals surface area contributed by atoms with Crippen molar-refractivity contribution in [1.82, 2.24) is 4.90 Å². The van der Waals surface area contributed by atoms with Crippen LogP contribution in [0.4, 0.5) is 11.4 Å². The summed E-state index contributed by atoms with van der Waals surface area (Å²) in [6.45, 7) is 3.71. The maximum absolute atomic E-state index is 12.5. The summed E-state index contributed by atoms with van der Waals surface area (Å²) in [6.07, 6.45) is 3.73. The van der Waals surface area contributed by atoms with Gasteiger partial charge >= 0.3 is 0 Å². The first kappa shape index (κ1) is 19.9. The molecule has 29 heavy (non-hydrogen) atoms. The van der Waals surface area contributed by atoms with E-state index in [1.807, 2.05) is 24.3 Å². The van der Waals surface area contributed by atoms with E-state index in [0.29, 0.717) is 29.2 Å². The minimum Gasteiger partial charge on any atom is -0.482 e. The number of benzene rings is 2. The number of nitrogens with zero attached hydrogens (tertiary/aromatic N) is 2. The molecule has 1 N–H and O–H groups in total. The van der Waals surface area contributed by atoms with Crippen LogP contribution >= 0.6 is 15.9 Å². The van der Waals surface area contributed by atoms with E-state index < -0.39 is 0 Å². The van der Waals surface area contributed by atoms with Crippen LogP contribution in [0.5, 0.6) is 5.75 Å². The van der Waals surface area contributed by atoms with E-state index in [9.17, 15) is 9.59 Å². The summed E-state index contributed by atoms with van der Waals surface area (Å²) in [7, 11) is 0. The second-order valence-corrected chi connectivity index (χ2v) is 8.30. The molecule has 6 nitrogen and oxygen atoms in total. The number of anilines is 2. The number of hydrogen-bond acceptors (Lipinski definition) is 4. The molecule has 1 saturated heterocycles. The Kier molecular flexibility index (Phi) is 6.16. The largest absolute Gasteiger partial charge is 0.482 e. The molecule has 0 atom stereocenters. The molecule has 2 aliphatic heterocycles. The molecule has 0 radical (unpaired) electrons. The zero-order valence-electron chi connectivity index (χ0n) is 16.2. The number of piperidine rings is 1. The number of carbonyl (C=O) groups is 2. The van der Waals surface area contributed by atoms with Gasteiger partial charge in [-0.25, -0.2) is 0 Å². The van der Waals surface area contributed by atoms with Crippen LogP contribution in [0.15, 0.2) is 46.9 Å². The van der Waals surface area contributed by atoms with E-state index in [4.69, 9.17) is 4.74 Å². The first-order valence-electron chi connectivity index (χ1n) is 9.97. The molecule has 7 heteroatoms. The number of nitrogens with one attached hydrogen (secondary N) is 1. The quantitative estimate of drug-likeness (QED) is 0.738. The third-order valence-corrected chi connectivity index (χ3v) is 5.88. The Morgan fingerprint density at radius 2 is 1.79 bits per heavy atom. The summed E-state index contributed by atoms with van der Waals surface area (Å²) in [5, 5.41) is 2.91. The number of hydrogen-bond donors (Lipinski definition) is 1. The van der Waals surface area contributed by atoms with Gasteiger partial charge in [-0.2, -0.15) is 0 Å². The van der Waals surface area contributed by atoms with Crippen molar-refractivity contribution in [3.05, 3.63) is 52.5 Å². The van der Waals surface area contributed by atoms with Gasteiger partial charge in [0.1, 0.15) is 5.75 Å². The lowest BCUT2D eigenvalue weighted by molar-refractivity contribution is -0.121. The van der Waals surface area contributed by atoms with Crippen LogP contribution < -0.4 is 15.0 Å². The van der Waals surface area contributed by atoms with Crippen LogP contribution in [0, 0.1) is 0 Å². The van der Waals surface area contributed by atoms with Crippen molar-refractivity contribution in [2.24, 2.45) is 0 Å². The van der Waals surface area contributed by atoms with E-state index in [1.165, 1.54) is 19.3 Å². The van der Waals surface area contributed by atoms with Crippen LogP contribution in [0.1, 0.15) is 29.6 Å². The molecular formula is C22H24BrN3O3. The standard InChI is InChI=1S/C22H24BrN3O3/c23-17-6-4-16(5-7-17)22(28)24-18-8-9-20-19(14-18)26(21(27)15-29-20)13-12-25-10-2-1-3-11-25/h4-9,14H,1-3,10-13,15H2,(H,24,28). The predicted molar refractivity (Wildman–Crippen MR) is 117 cm³/mol. The van der Waals surface area contributed by atoms with Crippen molar-refractivity contribution < 1.29 is 14.3 Å². The lowest BCUT2D eigenvalue weighted by atomic mass is 10.1. The molecule has 2 aliphatic rings. The van der Waals surface area contributed by atoms with Gasteiger partial charge in [-0.1, -0.05) is 22.4 Å². The zero-order chi connectivity index (χ0) is 20.2. The normalized spacial score (nSPS) is 16.9. The zero-order valence-corrected chi connectivity index (χ0v) is 17.8. The highest BCUT2D eigenvalue weighted by Crippen LogP contribution is 2.34. The molecule has 2 aromatic rings. The summed E-state index contributed by atoms with van der Waals surface area (Å²) in [6, 6.07) is 12.6. The van der Waals surface area contributed by atoms with Crippen molar-refractivity contribution in [2.45, 2.75) is 19.3 Å². The second kappa shape index (κ2) is 8.97. The van der Waals surface area contributed by atoms with Gasteiger partial charge in [0.25, 0.3) is 11.8 Å². The smallest absolute Gasteiger partial charge is 0.265 e. The maximum Gasteiger partial charge on any atom is 0.265 e. The van der Waals surface area contributed by atoms with Gasteiger partial charge < -0.3 is 19.9 Å². The van der Waals surface area contributed by atoms with E-state index in [1.54, 1.807) is 23.1 Å². The van der Waals surface area contributed by atoms with Crippen LogP contribution in [-0.2, 0) is 4.79 Å². The average molecular weight is 458 g/mol. The van der Waals surface area contributed by atoms with E-state index in [2.05, 4.69) is 26.1 Å². The number of rotatable bonds is 5. The second-order valence-electron chi connectivity index (χ2n) is 7.38. The fourth-order valence-corrected chi connectivity index (χ4v) is 4.02. The van der Waals surface area contributed by atoms with Crippen molar-refractivity contribution in [1.29, 1.82) is 0 Å². The minimum atomic E-state index is -0.194. The Hall–Kier alpha value is -2.38. The van der Waals surface area contributed by atoms with Gasteiger partial charge in [0.05, 0.1) is 5.69 Å². The number of carbonyl (C=O) groups excluding carboxylic acids is 2. The van der Waals surface area contributed by atoms with Crippen molar-refractivity contribution in [3.8, 4) is 5.75 Å². The Morgan fingerprint density at radius 1 is 1.03 bits per heavy atom. The fourth-order valence-electron chi connectivity index (χ4n) is 3.75. The summed E-state index contributed by atoms with van der Waals surface area (Å²) in [5.74, 6) is 0.427. The van der Waals surface area contributed by atoms with Gasteiger partial charge in [0.15, 0.2) is 6.61 Å². The maximum atomic E-state index is 12.5. The third kappa shape index (κ3) is 4.79. The molecule has 0 aliphatic carbocycles. The first-order valence-corrected chi connectivity index (χ1v) is 10.8. The molecule has 2 aromatic carbocycles. The molecule has 0 saturated carbocycles. The highest BCUT2D eigenvalue weighted by Gasteiger charge is 2.26. The molecule has 0 aromatic heterocycles. The van der Waals surface area contributed by atoms with Gasteiger partial charge in [-0.05, 0) is 68.4 Å². The van der Waals surface area contributed by atoms with Crippen molar-refractivity contribution in [3.63, 3.8) is 0 Å². The first-order chi connectivity index (χ1) is 14.1. The van der Waals surface area contributed by atoms with Crippen molar-refractivity contribution >= 4 is 39.1 Å².